The number of aryl methyl sites for hydroxylation is 1. The van der Waals surface area contributed by atoms with Crippen LogP contribution in [0.5, 0.6) is 0 Å². The molecule has 4 heteroatoms. The van der Waals surface area contributed by atoms with Crippen LogP contribution in [0.4, 0.5) is 5.69 Å². The maximum atomic E-state index is 6.14. The first-order valence-corrected chi connectivity index (χ1v) is 7.01. The molecule has 102 valence electrons. The Balaban J connectivity index is 1.79. The molecule has 0 unspecified atom stereocenters. The lowest BCUT2D eigenvalue weighted by Crippen LogP contribution is -1.99. The Morgan fingerprint density at radius 3 is 2.85 bits per heavy atom. The average molecular weight is 287 g/mol. The fourth-order valence-corrected chi connectivity index (χ4v) is 2.28. The summed E-state index contributed by atoms with van der Waals surface area (Å²) in [5.74, 6) is 0.767. The summed E-state index contributed by atoms with van der Waals surface area (Å²) in [6.07, 6.45) is 0.803. The molecule has 0 radical (unpaired) electrons. The Morgan fingerprint density at radius 2 is 2.05 bits per heavy atom. The SMILES string of the molecule is CCc1nc2cc(NCc3ccccc3Cl)ccc2o1. The van der Waals surface area contributed by atoms with Crippen LogP contribution in [0.15, 0.2) is 46.9 Å². The van der Waals surface area contributed by atoms with E-state index in [1.807, 2.05) is 49.4 Å². The quantitative estimate of drug-likeness (QED) is 0.758. The van der Waals surface area contributed by atoms with Crippen LogP contribution in [0.2, 0.25) is 5.02 Å². The van der Waals surface area contributed by atoms with Gasteiger partial charge in [0, 0.05) is 23.7 Å². The molecule has 3 nitrogen and oxygen atoms in total. The van der Waals surface area contributed by atoms with Crippen LogP contribution in [-0.2, 0) is 13.0 Å². The topological polar surface area (TPSA) is 38.1 Å². The lowest BCUT2D eigenvalue weighted by molar-refractivity contribution is 0.538. The van der Waals surface area contributed by atoms with Crippen molar-refractivity contribution >= 4 is 28.4 Å². The van der Waals surface area contributed by atoms with Crippen molar-refractivity contribution in [1.29, 1.82) is 0 Å². The van der Waals surface area contributed by atoms with Gasteiger partial charge < -0.3 is 9.73 Å². The number of anilines is 1. The van der Waals surface area contributed by atoms with Gasteiger partial charge in [-0.3, -0.25) is 0 Å². The van der Waals surface area contributed by atoms with Gasteiger partial charge in [0.2, 0.25) is 0 Å². The van der Waals surface area contributed by atoms with Crippen LogP contribution in [0.1, 0.15) is 18.4 Å². The van der Waals surface area contributed by atoms with Gasteiger partial charge in [0.25, 0.3) is 0 Å². The molecule has 1 N–H and O–H groups in total. The Bertz CT molecular complexity index is 736. The molecule has 0 aliphatic heterocycles. The van der Waals surface area contributed by atoms with Crippen molar-refractivity contribution in [3.05, 3.63) is 58.9 Å². The van der Waals surface area contributed by atoms with E-state index < -0.39 is 0 Å². The van der Waals surface area contributed by atoms with Gasteiger partial charge in [-0.2, -0.15) is 0 Å². The lowest BCUT2D eigenvalue weighted by atomic mass is 10.2. The third-order valence-corrected chi connectivity index (χ3v) is 3.54. The number of hydrogen-bond donors (Lipinski definition) is 1. The number of fused-ring (bicyclic) bond motifs is 1. The minimum Gasteiger partial charge on any atom is -0.441 e. The molecule has 0 aliphatic carbocycles. The molecule has 0 aliphatic rings. The molecule has 0 amide bonds. The van der Waals surface area contributed by atoms with Gasteiger partial charge in [-0.1, -0.05) is 36.7 Å². The van der Waals surface area contributed by atoms with Gasteiger partial charge in [-0.15, -0.1) is 0 Å². The van der Waals surface area contributed by atoms with Crippen molar-refractivity contribution < 1.29 is 4.42 Å². The minimum atomic E-state index is 0.684. The second-order valence-corrected chi connectivity index (χ2v) is 5.00. The monoisotopic (exact) mass is 286 g/mol. The van der Waals surface area contributed by atoms with Crippen LogP contribution in [0, 0.1) is 0 Å². The van der Waals surface area contributed by atoms with Crippen molar-refractivity contribution in [2.24, 2.45) is 0 Å². The normalized spacial score (nSPS) is 10.9. The molecule has 1 heterocycles. The van der Waals surface area contributed by atoms with E-state index in [1.54, 1.807) is 0 Å². The molecule has 20 heavy (non-hydrogen) atoms. The molecular weight excluding hydrogens is 272 g/mol. The second kappa shape index (κ2) is 5.55. The maximum absolute atomic E-state index is 6.14. The van der Waals surface area contributed by atoms with E-state index >= 15 is 0 Å². The third-order valence-electron chi connectivity index (χ3n) is 3.18. The van der Waals surface area contributed by atoms with Crippen molar-refractivity contribution in [3.63, 3.8) is 0 Å². The Hall–Kier alpha value is -2.00. The molecule has 2 aromatic carbocycles. The van der Waals surface area contributed by atoms with E-state index in [2.05, 4.69) is 10.3 Å². The molecule has 0 spiro atoms. The highest BCUT2D eigenvalue weighted by Crippen LogP contribution is 2.22. The zero-order chi connectivity index (χ0) is 13.9. The number of oxazole rings is 1. The highest BCUT2D eigenvalue weighted by atomic mass is 35.5. The zero-order valence-corrected chi connectivity index (χ0v) is 11.9. The molecule has 3 aromatic rings. The van der Waals surface area contributed by atoms with Gasteiger partial charge in [0.05, 0.1) is 0 Å². The molecular formula is C16H15ClN2O. The van der Waals surface area contributed by atoms with Crippen molar-refractivity contribution in [2.45, 2.75) is 19.9 Å². The summed E-state index contributed by atoms with van der Waals surface area (Å²) in [6, 6.07) is 13.7. The fourth-order valence-electron chi connectivity index (χ4n) is 2.08. The number of nitrogens with zero attached hydrogens (tertiary/aromatic N) is 1. The molecule has 1 aromatic heterocycles. The second-order valence-electron chi connectivity index (χ2n) is 4.59. The van der Waals surface area contributed by atoms with Crippen LogP contribution < -0.4 is 5.32 Å². The summed E-state index contributed by atoms with van der Waals surface area (Å²) in [4.78, 5) is 4.43. The van der Waals surface area contributed by atoms with Crippen molar-refractivity contribution in [1.82, 2.24) is 4.98 Å². The van der Waals surface area contributed by atoms with E-state index in [0.717, 1.165) is 39.7 Å². The Labute approximate surface area is 122 Å². The molecule has 0 atom stereocenters. The first-order chi connectivity index (χ1) is 9.76. The number of hydrogen-bond acceptors (Lipinski definition) is 3. The first kappa shape index (κ1) is 13.0. The Kier molecular flexibility index (Phi) is 3.61. The van der Waals surface area contributed by atoms with E-state index in [0.29, 0.717) is 6.54 Å². The van der Waals surface area contributed by atoms with Crippen LogP contribution >= 0.6 is 11.6 Å². The minimum absolute atomic E-state index is 0.684. The summed E-state index contributed by atoms with van der Waals surface area (Å²) < 4.78 is 5.59. The Morgan fingerprint density at radius 1 is 1.20 bits per heavy atom. The van der Waals surface area contributed by atoms with Crippen LogP contribution in [0.25, 0.3) is 11.1 Å². The van der Waals surface area contributed by atoms with E-state index in [-0.39, 0.29) is 0 Å². The first-order valence-electron chi connectivity index (χ1n) is 6.63. The molecule has 0 fully saturated rings. The molecule has 3 rings (SSSR count). The predicted octanol–water partition coefficient (Wildman–Crippen LogP) is 4.66. The number of nitrogens with one attached hydrogen (secondary N) is 1. The van der Waals surface area contributed by atoms with Gasteiger partial charge in [-0.25, -0.2) is 4.98 Å². The van der Waals surface area contributed by atoms with Crippen LogP contribution in [0.3, 0.4) is 0 Å². The van der Waals surface area contributed by atoms with Gasteiger partial charge in [0.15, 0.2) is 11.5 Å². The van der Waals surface area contributed by atoms with Gasteiger partial charge >= 0.3 is 0 Å². The van der Waals surface area contributed by atoms with Gasteiger partial charge in [0.1, 0.15) is 5.52 Å². The van der Waals surface area contributed by atoms with E-state index in [4.69, 9.17) is 16.0 Å². The number of aromatic nitrogens is 1. The average Bonchev–Trinajstić information content (AvgIpc) is 2.88. The summed E-state index contributed by atoms with van der Waals surface area (Å²) in [7, 11) is 0. The molecule has 0 bridgehead atoms. The predicted molar refractivity (Wildman–Crippen MR) is 82.2 cm³/mol. The third kappa shape index (κ3) is 2.63. The molecule has 0 saturated carbocycles. The highest BCUT2D eigenvalue weighted by molar-refractivity contribution is 6.31. The lowest BCUT2D eigenvalue weighted by Gasteiger charge is -2.07. The van der Waals surface area contributed by atoms with Crippen LogP contribution in [-0.4, -0.2) is 4.98 Å². The number of benzene rings is 2. The summed E-state index contributed by atoms with van der Waals surface area (Å²) >= 11 is 6.14. The molecule has 0 saturated heterocycles. The van der Waals surface area contributed by atoms with Gasteiger partial charge in [-0.05, 0) is 29.8 Å². The number of halogens is 1. The summed E-state index contributed by atoms with van der Waals surface area (Å²) in [5.41, 5.74) is 3.79. The standard InChI is InChI=1S/C16H15ClN2O/c1-2-16-19-14-9-12(7-8-15(14)20-16)18-10-11-5-3-4-6-13(11)17/h3-9,18H,2,10H2,1H3. The van der Waals surface area contributed by atoms with Crippen molar-refractivity contribution in [3.8, 4) is 0 Å². The maximum Gasteiger partial charge on any atom is 0.195 e. The summed E-state index contributed by atoms with van der Waals surface area (Å²) in [6.45, 7) is 2.71. The zero-order valence-electron chi connectivity index (χ0n) is 11.2. The largest absolute Gasteiger partial charge is 0.441 e. The summed E-state index contributed by atoms with van der Waals surface area (Å²) in [5, 5.41) is 4.13. The number of rotatable bonds is 4. The van der Waals surface area contributed by atoms with Crippen molar-refractivity contribution in [2.75, 3.05) is 5.32 Å². The van der Waals surface area contributed by atoms with E-state index in [1.165, 1.54) is 0 Å². The fraction of sp³-hybridized carbons (Fsp3) is 0.188. The van der Waals surface area contributed by atoms with E-state index in [9.17, 15) is 0 Å². The smallest absolute Gasteiger partial charge is 0.195 e. The highest BCUT2D eigenvalue weighted by Gasteiger charge is 2.05.